The number of fused-ring (bicyclic) bond motifs is 2. The van der Waals surface area contributed by atoms with Gasteiger partial charge in [-0.3, -0.25) is 0 Å². The molecule has 0 aliphatic carbocycles. The summed E-state index contributed by atoms with van der Waals surface area (Å²) in [5, 5.41) is -2.65. The van der Waals surface area contributed by atoms with E-state index in [1.165, 1.54) is 26.0 Å². The van der Waals surface area contributed by atoms with Gasteiger partial charge < -0.3 is 8.83 Å². The summed E-state index contributed by atoms with van der Waals surface area (Å²) >= 11 is 0. The summed E-state index contributed by atoms with van der Waals surface area (Å²) in [7, 11) is 0. The molecular formula is C26H12F6O6. The molecular weight excluding hydrogens is 522 g/mol. The van der Waals surface area contributed by atoms with E-state index < -0.39 is 78.7 Å². The van der Waals surface area contributed by atoms with Crippen LogP contribution in [0.15, 0.2) is 64.4 Å². The SMILES string of the molecule is Cc1cc(-c2c3c(=O)oc(=O)c3c(-c3cc(C)cc(C(F)(F)F)c3)c3c(=O)oc(=O)c23)cc(C(F)(F)F)c1. The zero-order valence-corrected chi connectivity index (χ0v) is 19.2. The largest absolute Gasteiger partial charge is 0.416 e. The van der Waals surface area contributed by atoms with Crippen LogP contribution in [0.3, 0.4) is 0 Å². The van der Waals surface area contributed by atoms with Gasteiger partial charge in [-0.2, -0.15) is 26.3 Å². The molecule has 12 heteroatoms. The Balaban J connectivity index is 2.06. The molecule has 0 saturated carbocycles. The molecule has 0 bridgehead atoms. The van der Waals surface area contributed by atoms with Gasteiger partial charge in [0, 0.05) is 11.1 Å². The van der Waals surface area contributed by atoms with E-state index in [2.05, 4.69) is 8.83 Å². The van der Waals surface area contributed by atoms with Crippen LogP contribution in [-0.4, -0.2) is 0 Å². The molecule has 2 heterocycles. The third kappa shape index (κ3) is 3.83. The summed E-state index contributed by atoms with van der Waals surface area (Å²) in [5.41, 5.74) is -9.34. The molecule has 0 atom stereocenters. The molecule has 0 N–H and O–H groups in total. The first-order valence-corrected chi connectivity index (χ1v) is 10.7. The van der Waals surface area contributed by atoms with Crippen LogP contribution in [-0.2, 0) is 12.4 Å². The van der Waals surface area contributed by atoms with Crippen molar-refractivity contribution in [2.45, 2.75) is 26.2 Å². The minimum Gasteiger partial charge on any atom is -0.386 e. The molecule has 194 valence electrons. The Hall–Kier alpha value is -4.48. The maximum atomic E-state index is 13.6. The van der Waals surface area contributed by atoms with Crippen LogP contribution < -0.4 is 22.5 Å². The summed E-state index contributed by atoms with van der Waals surface area (Å²) in [6.07, 6.45) is -9.68. The van der Waals surface area contributed by atoms with Crippen LogP contribution in [0.25, 0.3) is 43.8 Å². The summed E-state index contributed by atoms with van der Waals surface area (Å²) in [6, 6.07) is 5.20. The minimum absolute atomic E-state index is 0.0605. The number of rotatable bonds is 2. The van der Waals surface area contributed by atoms with Gasteiger partial charge in [-0.1, -0.05) is 12.1 Å². The highest BCUT2D eigenvalue weighted by Crippen LogP contribution is 2.43. The summed E-state index contributed by atoms with van der Waals surface area (Å²) in [4.78, 5) is 51.3. The van der Waals surface area contributed by atoms with E-state index in [1.807, 2.05) is 0 Å². The molecule has 38 heavy (non-hydrogen) atoms. The second-order valence-electron chi connectivity index (χ2n) is 8.77. The normalized spacial score (nSPS) is 12.6. The Kier molecular flexibility index (Phi) is 5.31. The monoisotopic (exact) mass is 534 g/mol. The zero-order chi connectivity index (χ0) is 27.9. The molecule has 5 aromatic rings. The fraction of sp³-hybridized carbons (Fsp3) is 0.154. The van der Waals surface area contributed by atoms with Gasteiger partial charge in [0.05, 0.1) is 32.7 Å². The Bertz CT molecular complexity index is 1780. The van der Waals surface area contributed by atoms with E-state index in [4.69, 9.17) is 0 Å². The minimum atomic E-state index is -4.84. The number of alkyl halides is 6. The molecule has 3 aromatic carbocycles. The lowest BCUT2D eigenvalue weighted by Gasteiger charge is -2.14. The highest BCUT2D eigenvalue weighted by Gasteiger charge is 2.35. The summed E-state index contributed by atoms with van der Waals surface area (Å²) < 4.78 is 90.7. The van der Waals surface area contributed by atoms with Gasteiger partial charge in [-0.25, -0.2) is 19.2 Å². The first-order chi connectivity index (χ1) is 17.6. The van der Waals surface area contributed by atoms with Crippen LogP contribution in [0.5, 0.6) is 0 Å². The zero-order valence-electron chi connectivity index (χ0n) is 19.2. The lowest BCUT2D eigenvalue weighted by molar-refractivity contribution is -0.138. The van der Waals surface area contributed by atoms with Crippen molar-refractivity contribution in [2.24, 2.45) is 0 Å². The van der Waals surface area contributed by atoms with Crippen molar-refractivity contribution in [3.8, 4) is 22.3 Å². The van der Waals surface area contributed by atoms with Gasteiger partial charge in [-0.05, 0) is 60.4 Å². The average Bonchev–Trinajstić information content (AvgIpc) is 3.25. The van der Waals surface area contributed by atoms with E-state index in [0.29, 0.717) is 12.1 Å². The van der Waals surface area contributed by atoms with Crippen molar-refractivity contribution >= 4 is 21.5 Å². The van der Waals surface area contributed by atoms with Crippen LogP contribution in [0.1, 0.15) is 22.3 Å². The maximum Gasteiger partial charge on any atom is 0.416 e. The van der Waals surface area contributed by atoms with Crippen LogP contribution in [0, 0.1) is 13.8 Å². The molecule has 0 saturated heterocycles. The van der Waals surface area contributed by atoms with Gasteiger partial charge in [0.1, 0.15) is 0 Å². The molecule has 0 spiro atoms. The first kappa shape index (κ1) is 25.2. The van der Waals surface area contributed by atoms with Crippen molar-refractivity contribution in [3.63, 3.8) is 0 Å². The topological polar surface area (TPSA) is 94.6 Å². The number of halogens is 6. The number of hydrogen-bond donors (Lipinski definition) is 0. The van der Waals surface area contributed by atoms with E-state index in [-0.39, 0.29) is 22.3 Å². The van der Waals surface area contributed by atoms with Gasteiger partial charge in [0.15, 0.2) is 0 Å². The van der Waals surface area contributed by atoms with Crippen molar-refractivity contribution in [3.05, 3.63) is 100 Å². The van der Waals surface area contributed by atoms with E-state index in [0.717, 1.165) is 12.1 Å². The molecule has 0 aliphatic rings. The van der Waals surface area contributed by atoms with Crippen LogP contribution >= 0.6 is 0 Å². The first-order valence-electron chi connectivity index (χ1n) is 10.7. The predicted molar refractivity (Wildman–Crippen MR) is 124 cm³/mol. The summed E-state index contributed by atoms with van der Waals surface area (Å²) in [6.45, 7) is 2.62. The third-order valence-electron chi connectivity index (χ3n) is 6.07. The molecule has 0 fully saturated rings. The van der Waals surface area contributed by atoms with Gasteiger partial charge in [0.2, 0.25) is 0 Å². The fourth-order valence-electron chi connectivity index (χ4n) is 4.70. The van der Waals surface area contributed by atoms with Crippen molar-refractivity contribution in [1.29, 1.82) is 0 Å². The lowest BCUT2D eigenvalue weighted by atomic mass is 9.87. The fourth-order valence-corrected chi connectivity index (χ4v) is 4.70. The molecule has 2 aromatic heterocycles. The average molecular weight is 534 g/mol. The van der Waals surface area contributed by atoms with Gasteiger partial charge >= 0.3 is 34.9 Å². The molecule has 0 amide bonds. The number of hydrogen-bond acceptors (Lipinski definition) is 6. The number of furan rings is 2. The van der Waals surface area contributed by atoms with Crippen molar-refractivity contribution in [2.75, 3.05) is 0 Å². The second kappa shape index (κ2) is 8.01. The number of benzene rings is 3. The molecule has 0 aliphatic heterocycles. The molecule has 6 nitrogen and oxygen atoms in total. The van der Waals surface area contributed by atoms with Crippen LogP contribution in [0.2, 0.25) is 0 Å². The highest BCUT2D eigenvalue weighted by molar-refractivity contribution is 6.20. The lowest BCUT2D eigenvalue weighted by Crippen LogP contribution is -2.08. The Morgan fingerprint density at radius 2 is 0.789 bits per heavy atom. The van der Waals surface area contributed by atoms with E-state index in [1.54, 1.807) is 0 Å². The highest BCUT2D eigenvalue weighted by atomic mass is 19.4. The van der Waals surface area contributed by atoms with Gasteiger partial charge in [0.25, 0.3) is 0 Å². The molecule has 0 unspecified atom stereocenters. The summed E-state index contributed by atoms with van der Waals surface area (Å²) in [5.74, 6) is 0. The molecule has 0 radical (unpaired) electrons. The standard InChI is InChI=1S/C26H12F6O6/c1-9-3-11(7-13(5-9)25(27,28)29)15-17-19(23(35)37-21(17)33)16(20-18(15)22(34)38-24(20)36)12-4-10(2)6-14(8-12)26(30,31)32/h3-8H,1-2H3. The Morgan fingerprint density at radius 3 is 1.05 bits per heavy atom. The third-order valence-corrected chi connectivity index (χ3v) is 6.07. The Morgan fingerprint density at radius 1 is 0.500 bits per heavy atom. The second-order valence-corrected chi connectivity index (χ2v) is 8.77. The van der Waals surface area contributed by atoms with Crippen molar-refractivity contribution < 1.29 is 35.2 Å². The van der Waals surface area contributed by atoms with Crippen LogP contribution in [0.4, 0.5) is 26.3 Å². The van der Waals surface area contributed by atoms with Gasteiger partial charge in [-0.15, -0.1) is 0 Å². The van der Waals surface area contributed by atoms with E-state index in [9.17, 15) is 45.5 Å². The number of aryl methyl sites for hydroxylation is 2. The Labute approximate surface area is 206 Å². The maximum absolute atomic E-state index is 13.6. The predicted octanol–water partition coefficient (Wildman–Crippen LogP) is 5.48. The quantitative estimate of drug-likeness (QED) is 0.278. The smallest absolute Gasteiger partial charge is 0.386 e. The van der Waals surface area contributed by atoms with E-state index >= 15 is 0 Å². The molecule has 5 rings (SSSR count). The van der Waals surface area contributed by atoms with Crippen molar-refractivity contribution in [1.82, 2.24) is 0 Å².